The number of aryl methyl sites for hydroxylation is 2. The smallest absolute Gasteiger partial charge is 0.201 e. The van der Waals surface area contributed by atoms with Crippen molar-refractivity contribution >= 4 is 17.0 Å². The van der Waals surface area contributed by atoms with Crippen LogP contribution in [-0.4, -0.2) is 22.8 Å². The number of rotatable bonds is 1. The number of nitrogen functional groups attached to an aromatic ring is 1. The van der Waals surface area contributed by atoms with Gasteiger partial charge in [-0.1, -0.05) is 0 Å². The molecule has 1 aromatic carbocycles. The van der Waals surface area contributed by atoms with Crippen LogP contribution in [0.2, 0.25) is 0 Å². The topological polar surface area (TPSA) is 53.1 Å². The number of imidazole rings is 1. The van der Waals surface area contributed by atoms with Gasteiger partial charge in [-0.05, 0) is 49.9 Å². The van der Waals surface area contributed by atoms with Crippen molar-refractivity contribution in [3.05, 3.63) is 23.3 Å². The fourth-order valence-corrected chi connectivity index (χ4v) is 2.70. The molecule has 4 nitrogen and oxygen atoms in total. The maximum Gasteiger partial charge on any atom is 0.201 e. The summed E-state index contributed by atoms with van der Waals surface area (Å²) < 4.78 is 7.60. The van der Waals surface area contributed by atoms with Crippen LogP contribution in [0.15, 0.2) is 12.1 Å². The minimum Gasteiger partial charge on any atom is -0.381 e. The van der Waals surface area contributed by atoms with E-state index in [2.05, 4.69) is 35.5 Å². The average Bonchev–Trinajstić information content (AvgIpc) is 2.66. The number of hydrogen-bond acceptors (Lipinski definition) is 3. The zero-order chi connectivity index (χ0) is 12.7. The number of ether oxygens (including phenoxy) is 1. The summed E-state index contributed by atoms with van der Waals surface area (Å²) in [5, 5.41) is 0. The molecule has 2 aromatic rings. The molecule has 0 unspecified atom stereocenters. The van der Waals surface area contributed by atoms with Crippen molar-refractivity contribution in [3.63, 3.8) is 0 Å². The normalized spacial score (nSPS) is 17.4. The summed E-state index contributed by atoms with van der Waals surface area (Å²) in [6.45, 7) is 5.87. The maximum atomic E-state index is 6.10. The molecular formula is C14H19N3O. The molecule has 0 bridgehead atoms. The summed E-state index contributed by atoms with van der Waals surface area (Å²) in [5.74, 6) is 0.627. The highest BCUT2D eigenvalue weighted by molar-refractivity contribution is 5.80. The highest BCUT2D eigenvalue weighted by Gasteiger charge is 2.20. The molecule has 1 saturated heterocycles. The first-order valence-corrected chi connectivity index (χ1v) is 6.49. The van der Waals surface area contributed by atoms with Crippen LogP contribution < -0.4 is 5.73 Å². The van der Waals surface area contributed by atoms with Gasteiger partial charge in [0, 0.05) is 19.3 Å². The monoisotopic (exact) mass is 245 g/mol. The van der Waals surface area contributed by atoms with Gasteiger partial charge < -0.3 is 15.0 Å². The van der Waals surface area contributed by atoms with E-state index in [0.717, 1.165) is 37.1 Å². The molecule has 96 valence electrons. The van der Waals surface area contributed by atoms with Gasteiger partial charge in [-0.2, -0.15) is 0 Å². The summed E-state index contributed by atoms with van der Waals surface area (Å²) >= 11 is 0. The summed E-state index contributed by atoms with van der Waals surface area (Å²) in [5.41, 5.74) is 10.8. The molecule has 0 amide bonds. The van der Waals surface area contributed by atoms with Gasteiger partial charge in [0.2, 0.25) is 5.95 Å². The number of aromatic nitrogens is 2. The second-order valence-corrected chi connectivity index (χ2v) is 5.11. The Hall–Kier alpha value is -1.55. The molecule has 0 saturated carbocycles. The molecule has 0 spiro atoms. The first kappa shape index (κ1) is 11.5. The summed E-state index contributed by atoms with van der Waals surface area (Å²) in [6, 6.07) is 4.74. The maximum absolute atomic E-state index is 6.10. The Morgan fingerprint density at radius 2 is 1.89 bits per heavy atom. The van der Waals surface area contributed by atoms with Gasteiger partial charge in [-0.15, -0.1) is 0 Å². The van der Waals surface area contributed by atoms with E-state index in [-0.39, 0.29) is 0 Å². The molecule has 18 heavy (non-hydrogen) atoms. The van der Waals surface area contributed by atoms with Crippen LogP contribution in [0.3, 0.4) is 0 Å². The third kappa shape index (κ3) is 1.77. The van der Waals surface area contributed by atoms with Crippen LogP contribution >= 0.6 is 0 Å². The lowest BCUT2D eigenvalue weighted by atomic mass is 10.1. The zero-order valence-corrected chi connectivity index (χ0v) is 10.9. The van der Waals surface area contributed by atoms with Crippen LogP contribution in [0.5, 0.6) is 0 Å². The Labute approximate surface area is 107 Å². The van der Waals surface area contributed by atoms with Gasteiger partial charge in [0.05, 0.1) is 11.0 Å². The van der Waals surface area contributed by atoms with E-state index in [0.29, 0.717) is 12.0 Å². The lowest BCUT2D eigenvalue weighted by molar-refractivity contribution is 0.0711. The number of nitrogens with zero attached hydrogens (tertiary/aromatic N) is 2. The fourth-order valence-electron chi connectivity index (χ4n) is 2.70. The molecule has 2 N–H and O–H groups in total. The SMILES string of the molecule is Cc1cc2nc(N)n(C3CCOCC3)c2cc1C. The molecule has 1 aliphatic heterocycles. The van der Waals surface area contributed by atoms with Crippen molar-refractivity contribution < 1.29 is 4.74 Å². The predicted octanol–water partition coefficient (Wildman–Crippen LogP) is 2.59. The molecule has 0 radical (unpaired) electrons. The van der Waals surface area contributed by atoms with Crippen molar-refractivity contribution in [2.75, 3.05) is 18.9 Å². The lowest BCUT2D eigenvalue weighted by Crippen LogP contribution is -2.20. The number of nitrogens with two attached hydrogens (primary N) is 1. The molecule has 3 rings (SSSR count). The van der Waals surface area contributed by atoms with E-state index in [1.165, 1.54) is 11.1 Å². The minimum absolute atomic E-state index is 0.422. The molecule has 2 heterocycles. The minimum atomic E-state index is 0.422. The molecule has 1 fully saturated rings. The Balaban J connectivity index is 2.15. The number of anilines is 1. The molecule has 1 aliphatic rings. The number of fused-ring (bicyclic) bond motifs is 1. The highest BCUT2D eigenvalue weighted by atomic mass is 16.5. The van der Waals surface area contributed by atoms with Gasteiger partial charge >= 0.3 is 0 Å². The van der Waals surface area contributed by atoms with Crippen LogP contribution in [0.1, 0.15) is 30.0 Å². The van der Waals surface area contributed by atoms with Crippen molar-refractivity contribution in [1.82, 2.24) is 9.55 Å². The van der Waals surface area contributed by atoms with E-state index in [1.54, 1.807) is 0 Å². The van der Waals surface area contributed by atoms with Crippen LogP contribution in [0, 0.1) is 13.8 Å². The fraction of sp³-hybridized carbons (Fsp3) is 0.500. The van der Waals surface area contributed by atoms with E-state index in [9.17, 15) is 0 Å². The van der Waals surface area contributed by atoms with Crippen molar-refractivity contribution in [2.24, 2.45) is 0 Å². The van der Waals surface area contributed by atoms with Crippen LogP contribution in [0.25, 0.3) is 11.0 Å². The summed E-state index contributed by atoms with van der Waals surface area (Å²) in [4.78, 5) is 4.49. The van der Waals surface area contributed by atoms with Crippen molar-refractivity contribution in [3.8, 4) is 0 Å². The summed E-state index contributed by atoms with van der Waals surface area (Å²) in [7, 11) is 0. The van der Waals surface area contributed by atoms with Crippen molar-refractivity contribution in [2.45, 2.75) is 32.7 Å². The van der Waals surface area contributed by atoms with Gasteiger partial charge in [0.25, 0.3) is 0 Å². The molecule has 1 aromatic heterocycles. The second-order valence-electron chi connectivity index (χ2n) is 5.11. The first-order chi connectivity index (χ1) is 8.66. The molecule has 0 atom stereocenters. The summed E-state index contributed by atoms with van der Waals surface area (Å²) in [6.07, 6.45) is 2.03. The standard InChI is InChI=1S/C14H19N3O/c1-9-7-12-13(8-10(9)2)17(14(15)16-12)11-3-5-18-6-4-11/h7-8,11H,3-6H2,1-2H3,(H2,15,16). The third-order valence-corrected chi connectivity index (χ3v) is 3.89. The Kier molecular flexibility index (Phi) is 2.74. The van der Waals surface area contributed by atoms with E-state index in [4.69, 9.17) is 10.5 Å². The highest BCUT2D eigenvalue weighted by Crippen LogP contribution is 2.30. The average molecular weight is 245 g/mol. The predicted molar refractivity (Wildman–Crippen MR) is 72.7 cm³/mol. The van der Waals surface area contributed by atoms with Gasteiger partial charge in [-0.25, -0.2) is 4.98 Å². The molecule has 0 aliphatic carbocycles. The number of benzene rings is 1. The third-order valence-electron chi connectivity index (χ3n) is 3.89. The largest absolute Gasteiger partial charge is 0.381 e. The Morgan fingerprint density at radius 3 is 2.61 bits per heavy atom. The molecular weight excluding hydrogens is 226 g/mol. The van der Waals surface area contributed by atoms with Gasteiger partial charge in [-0.3, -0.25) is 0 Å². The zero-order valence-electron chi connectivity index (χ0n) is 10.9. The van der Waals surface area contributed by atoms with E-state index in [1.807, 2.05) is 0 Å². The second kappa shape index (κ2) is 4.28. The number of hydrogen-bond donors (Lipinski definition) is 1. The van der Waals surface area contributed by atoms with E-state index < -0.39 is 0 Å². The van der Waals surface area contributed by atoms with Crippen molar-refractivity contribution in [1.29, 1.82) is 0 Å². The van der Waals surface area contributed by atoms with E-state index >= 15 is 0 Å². The molecule has 4 heteroatoms. The van der Waals surface area contributed by atoms with Gasteiger partial charge in [0.1, 0.15) is 0 Å². The van der Waals surface area contributed by atoms with Crippen LogP contribution in [0.4, 0.5) is 5.95 Å². The van der Waals surface area contributed by atoms with Crippen LogP contribution in [-0.2, 0) is 4.74 Å². The Morgan fingerprint density at radius 1 is 1.22 bits per heavy atom. The first-order valence-electron chi connectivity index (χ1n) is 6.49. The quantitative estimate of drug-likeness (QED) is 0.840. The Bertz CT molecular complexity index is 582. The lowest BCUT2D eigenvalue weighted by Gasteiger charge is -2.24. The van der Waals surface area contributed by atoms with Gasteiger partial charge in [0.15, 0.2) is 0 Å².